The third-order valence-electron chi connectivity index (χ3n) is 4.92. The maximum Gasteiger partial charge on any atom is 0.257 e. The highest BCUT2D eigenvalue weighted by atomic mass is 32.2. The van der Waals surface area contributed by atoms with Gasteiger partial charge in [0.05, 0.1) is 5.69 Å². The van der Waals surface area contributed by atoms with Crippen LogP contribution in [0.3, 0.4) is 0 Å². The molecule has 2 heterocycles. The van der Waals surface area contributed by atoms with Gasteiger partial charge in [0.2, 0.25) is 10.0 Å². The Morgan fingerprint density at radius 3 is 2.53 bits per heavy atom. The minimum atomic E-state index is -3.99. The number of amides is 1. The number of nitrogens with zero attached hydrogens (tertiary/aromatic N) is 2. The Hall–Kier alpha value is -2.62. The van der Waals surface area contributed by atoms with E-state index in [1.165, 1.54) is 21.7 Å². The van der Waals surface area contributed by atoms with E-state index in [1.807, 2.05) is 35.7 Å². The molecule has 0 radical (unpaired) electrons. The molecular formula is C21H20FN3O3S2. The zero-order valence-electron chi connectivity index (χ0n) is 16.0. The van der Waals surface area contributed by atoms with Crippen molar-refractivity contribution in [2.75, 3.05) is 18.4 Å². The number of piperidine rings is 1. The summed E-state index contributed by atoms with van der Waals surface area (Å²) in [5.41, 5.74) is 1.71. The molecule has 1 aliphatic heterocycles. The van der Waals surface area contributed by atoms with Gasteiger partial charge in [-0.2, -0.15) is 4.31 Å². The van der Waals surface area contributed by atoms with Crippen LogP contribution < -0.4 is 5.32 Å². The van der Waals surface area contributed by atoms with E-state index >= 15 is 0 Å². The molecule has 1 fully saturated rings. The summed E-state index contributed by atoms with van der Waals surface area (Å²) in [5.74, 6) is -1.41. The molecule has 2 aromatic carbocycles. The first-order chi connectivity index (χ1) is 14.4. The maximum atomic E-state index is 14.4. The Kier molecular flexibility index (Phi) is 5.94. The molecule has 0 spiro atoms. The van der Waals surface area contributed by atoms with Gasteiger partial charge in [-0.1, -0.05) is 36.8 Å². The molecule has 156 valence electrons. The fourth-order valence-electron chi connectivity index (χ4n) is 3.33. The van der Waals surface area contributed by atoms with Crippen LogP contribution >= 0.6 is 11.3 Å². The molecule has 30 heavy (non-hydrogen) atoms. The summed E-state index contributed by atoms with van der Waals surface area (Å²) < 4.78 is 41.3. The van der Waals surface area contributed by atoms with E-state index in [9.17, 15) is 17.6 Å². The number of rotatable bonds is 5. The second-order valence-electron chi connectivity index (χ2n) is 6.97. The van der Waals surface area contributed by atoms with Crippen LogP contribution in [0.4, 0.5) is 9.52 Å². The molecular weight excluding hydrogens is 425 g/mol. The molecule has 0 unspecified atom stereocenters. The molecule has 0 saturated carbocycles. The third kappa shape index (κ3) is 4.28. The SMILES string of the molecule is O=C(Nc1nc(-c2ccccc2)cs1)c1ccc(F)c(S(=O)(=O)N2CCCCC2)c1. The molecule has 3 aromatic rings. The van der Waals surface area contributed by atoms with Crippen LogP contribution in [0.25, 0.3) is 11.3 Å². The number of sulfonamides is 1. The molecule has 1 saturated heterocycles. The highest BCUT2D eigenvalue weighted by Gasteiger charge is 2.29. The van der Waals surface area contributed by atoms with E-state index in [4.69, 9.17) is 0 Å². The Balaban J connectivity index is 1.55. The van der Waals surface area contributed by atoms with Crippen molar-refractivity contribution in [1.29, 1.82) is 0 Å². The first-order valence-corrected chi connectivity index (χ1v) is 11.9. The van der Waals surface area contributed by atoms with Gasteiger partial charge in [0, 0.05) is 29.6 Å². The Morgan fingerprint density at radius 2 is 1.80 bits per heavy atom. The highest BCUT2D eigenvalue weighted by Crippen LogP contribution is 2.27. The molecule has 1 aromatic heterocycles. The minimum Gasteiger partial charge on any atom is -0.298 e. The Labute approximate surface area is 178 Å². The monoisotopic (exact) mass is 445 g/mol. The number of carbonyl (C=O) groups excluding carboxylic acids is 1. The number of aromatic nitrogens is 1. The number of hydrogen-bond acceptors (Lipinski definition) is 5. The summed E-state index contributed by atoms with van der Waals surface area (Å²) in [5, 5.41) is 4.86. The van der Waals surface area contributed by atoms with Crippen molar-refractivity contribution in [2.24, 2.45) is 0 Å². The quantitative estimate of drug-likeness (QED) is 0.632. The number of nitrogens with one attached hydrogen (secondary N) is 1. The first-order valence-electron chi connectivity index (χ1n) is 9.57. The topological polar surface area (TPSA) is 79.4 Å². The summed E-state index contributed by atoms with van der Waals surface area (Å²) >= 11 is 1.26. The van der Waals surface area contributed by atoms with Crippen molar-refractivity contribution >= 4 is 32.4 Å². The van der Waals surface area contributed by atoms with Crippen LogP contribution in [0, 0.1) is 5.82 Å². The van der Waals surface area contributed by atoms with Gasteiger partial charge in [0.25, 0.3) is 5.91 Å². The molecule has 1 aliphatic rings. The lowest BCUT2D eigenvalue weighted by Crippen LogP contribution is -2.36. The summed E-state index contributed by atoms with van der Waals surface area (Å²) in [6, 6.07) is 12.9. The van der Waals surface area contributed by atoms with Gasteiger partial charge in [-0.25, -0.2) is 17.8 Å². The van der Waals surface area contributed by atoms with Gasteiger partial charge < -0.3 is 0 Å². The molecule has 0 aliphatic carbocycles. The van der Waals surface area contributed by atoms with Crippen molar-refractivity contribution in [1.82, 2.24) is 9.29 Å². The van der Waals surface area contributed by atoms with Crippen LogP contribution in [-0.2, 0) is 10.0 Å². The number of benzene rings is 2. The number of thiazole rings is 1. The zero-order chi connectivity index (χ0) is 21.1. The second-order valence-corrected chi connectivity index (χ2v) is 9.73. The number of carbonyl (C=O) groups is 1. The Bertz CT molecular complexity index is 1160. The molecule has 4 rings (SSSR count). The third-order valence-corrected chi connectivity index (χ3v) is 7.59. The van der Waals surface area contributed by atoms with Crippen molar-refractivity contribution in [2.45, 2.75) is 24.2 Å². The fourth-order valence-corrected chi connectivity index (χ4v) is 5.65. The standard InChI is InChI=1S/C21H20FN3O3S2/c22-17-10-9-16(13-19(17)30(27,28)25-11-5-2-6-12-25)20(26)24-21-23-18(14-29-21)15-7-3-1-4-8-15/h1,3-4,7-10,13-14H,2,5-6,11-12H2,(H,23,24,26). The summed E-state index contributed by atoms with van der Waals surface area (Å²) in [6.45, 7) is 0.721. The normalized spacial score (nSPS) is 15.1. The van der Waals surface area contributed by atoms with Gasteiger partial charge >= 0.3 is 0 Å². The predicted molar refractivity (Wildman–Crippen MR) is 115 cm³/mol. The lowest BCUT2D eigenvalue weighted by molar-refractivity contribution is 0.102. The van der Waals surface area contributed by atoms with E-state index in [0.29, 0.717) is 18.2 Å². The van der Waals surface area contributed by atoms with Crippen LogP contribution in [0.5, 0.6) is 0 Å². The van der Waals surface area contributed by atoms with Crippen LogP contribution in [0.1, 0.15) is 29.6 Å². The number of anilines is 1. The van der Waals surface area contributed by atoms with Gasteiger partial charge in [0.1, 0.15) is 10.7 Å². The molecule has 1 N–H and O–H groups in total. The maximum absolute atomic E-state index is 14.4. The second kappa shape index (κ2) is 8.63. The molecule has 6 nitrogen and oxygen atoms in total. The van der Waals surface area contributed by atoms with E-state index in [1.54, 1.807) is 0 Å². The van der Waals surface area contributed by atoms with Crippen LogP contribution in [0.2, 0.25) is 0 Å². The largest absolute Gasteiger partial charge is 0.298 e. The summed E-state index contributed by atoms with van der Waals surface area (Å²) in [4.78, 5) is 16.6. The predicted octanol–water partition coefficient (Wildman–Crippen LogP) is 4.38. The van der Waals surface area contributed by atoms with Gasteiger partial charge in [-0.3, -0.25) is 10.1 Å². The van der Waals surface area contributed by atoms with Crippen LogP contribution in [0.15, 0.2) is 58.8 Å². The lowest BCUT2D eigenvalue weighted by Gasteiger charge is -2.26. The minimum absolute atomic E-state index is 0.0587. The summed E-state index contributed by atoms with van der Waals surface area (Å²) in [6.07, 6.45) is 2.44. The number of hydrogen-bond donors (Lipinski definition) is 1. The van der Waals surface area contributed by atoms with E-state index < -0.39 is 26.6 Å². The average Bonchev–Trinajstić information content (AvgIpc) is 3.23. The van der Waals surface area contributed by atoms with Crippen molar-refractivity contribution in [3.05, 3.63) is 65.3 Å². The van der Waals surface area contributed by atoms with E-state index in [-0.39, 0.29) is 5.56 Å². The van der Waals surface area contributed by atoms with E-state index in [2.05, 4.69) is 10.3 Å². The van der Waals surface area contributed by atoms with Gasteiger partial charge in [-0.15, -0.1) is 11.3 Å². The molecule has 9 heteroatoms. The van der Waals surface area contributed by atoms with E-state index in [0.717, 1.165) is 42.7 Å². The molecule has 0 atom stereocenters. The Morgan fingerprint density at radius 1 is 1.07 bits per heavy atom. The average molecular weight is 446 g/mol. The van der Waals surface area contributed by atoms with Gasteiger partial charge in [0.15, 0.2) is 5.13 Å². The van der Waals surface area contributed by atoms with Crippen molar-refractivity contribution < 1.29 is 17.6 Å². The lowest BCUT2D eigenvalue weighted by atomic mass is 10.2. The molecule has 1 amide bonds. The highest BCUT2D eigenvalue weighted by molar-refractivity contribution is 7.89. The van der Waals surface area contributed by atoms with Gasteiger partial charge in [-0.05, 0) is 31.0 Å². The van der Waals surface area contributed by atoms with Crippen molar-refractivity contribution in [3.63, 3.8) is 0 Å². The molecule has 0 bridgehead atoms. The summed E-state index contributed by atoms with van der Waals surface area (Å²) in [7, 11) is -3.99. The first kappa shape index (κ1) is 20.6. The van der Waals surface area contributed by atoms with Crippen LogP contribution in [-0.4, -0.2) is 36.7 Å². The smallest absolute Gasteiger partial charge is 0.257 e. The number of halogens is 1. The fraction of sp³-hybridized carbons (Fsp3) is 0.238. The zero-order valence-corrected chi connectivity index (χ0v) is 17.7. The van der Waals surface area contributed by atoms with Crippen molar-refractivity contribution in [3.8, 4) is 11.3 Å².